The Kier molecular flexibility index (Phi) is 3.61. The quantitative estimate of drug-likeness (QED) is 0.220. The Balaban J connectivity index is 3.69. The first-order chi connectivity index (χ1) is 4.81. The molecule has 0 heterocycles. The van der Waals surface area contributed by atoms with E-state index in [0.717, 1.165) is 0 Å². The first-order valence-electron chi connectivity index (χ1n) is 2.52. The van der Waals surface area contributed by atoms with Crippen molar-refractivity contribution < 1.29 is 25.0 Å². The molecular weight excluding hydrogens is 177 g/mol. The van der Waals surface area contributed by atoms with Gasteiger partial charge in [0.1, 0.15) is 0 Å². The number of aliphatic hydroxyl groups is 3. The zero-order chi connectivity index (χ0) is 9.07. The lowest BCUT2D eigenvalue weighted by Crippen LogP contribution is -2.31. The minimum Gasteiger partial charge on any atom is -0.343 e. The Morgan fingerprint density at radius 2 is 2.09 bits per heavy atom. The van der Waals surface area contributed by atoms with Gasteiger partial charge in [0, 0.05) is 0 Å². The molecule has 0 fully saturated rings. The molecule has 7 nitrogen and oxygen atoms in total. The van der Waals surface area contributed by atoms with Crippen LogP contribution >= 0.6 is 8.15 Å². The highest BCUT2D eigenvalue weighted by Crippen LogP contribution is 2.34. The summed E-state index contributed by atoms with van der Waals surface area (Å²) in [7, 11) is -1.66. The Hall–Kier alpha value is -0.490. The second-order valence-electron chi connectivity index (χ2n) is 1.87. The lowest BCUT2D eigenvalue weighted by Gasteiger charge is -2.16. The van der Waals surface area contributed by atoms with Crippen LogP contribution in [0.25, 0.3) is 0 Å². The van der Waals surface area contributed by atoms with Gasteiger partial charge in [-0.05, 0) is 6.66 Å². The van der Waals surface area contributed by atoms with Gasteiger partial charge in [-0.1, -0.05) is 0 Å². The van der Waals surface area contributed by atoms with E-state index >= 15 is 0 Å². The van der Waals surface area contributed by atoms with Crippen LogP contribution in [-0.2, 0) is 4.62 Å². The number of rotatable bonds is 4. The van der Waals surface area contributed by atoms with Gasteiger partial charge in [-0.3, -0.25) is 4.62 Å². The maximum absolute atomic E-state index is 9.65. The molecule has 1 unspecified atom stereocenters. The fourth-order valence-electron chi connectivity index (χ4n) is 0.441. The normalized spacial score (nSPS) is 14.2. The first kappa shape index (κ1) is 10.5. The molecule has 0 aliphatic rings. The summed E-state index contributed by atoms with van der Waals surface area (Å²) in [5.74, 6) is -2.89. The highest BCUT2D eigenvalue weighted by molar-refractivity contribution is 7.51. The molecule has 0 rings (SSSR count). The number of nitrogens with zero attached hydrogens (tertiary/aromatic N) is 1. The number of hydrogen-bond donors (Lipinski definition) is 3. The van der Waals surface area contributed by atoms with E-state index in [1.54, 1.807) is 0 Å². The Bertz CT molecular complexity index is 143. The van der Waals surface area contributed by atoms with E-state index in [1.807, 2.05) is 0 Å². The van der Waals surface area contributed by atoms with Crippen molar-refractivity contribution in [2.75, 3.05) is 12.8 Å². The van der Waals surface area contributed by atoms with Gasteiger partial charge in [0.05, 0.1) is 14.3 Å². The van der Waals surface area contributed by atoms with Gasteiger partial charge in [0.2, 0.25) is 0 Å². The van der Waals surface area contributed by atoms with Gasteiger partial charge in [-0.25, -0.2) is 0 Å². The molecule has 0 aromatic rings. The van der Waals surface area contributed by atoms with Crippen LogP contribution in [0.2, 0.25) is 0 Å². The molecule has 0 aromatic heterocycles. The molecule has 0 aliphatic heterocycles. The highest BCUT2D eigenvalue weighted by Gasteiger charge is 2.24. The summed E-state index contributed by atoms with van der Waals surface area (Å²) in [5, 5.41) is 33.6. The third-order valence-electron chi connectivity index (χ3n) is 0.641. The van der Waals surface area contributed by atoms with Crippen molar-refractivity contribution in [3.63, 3.8) is 0 Å². The van der Waals surface area contributed by atoms with Gasteiger partial charge in [0.15, 0.2) is 0 Å². The lowest BCUT2D eigenvalue weighted by atomic mass is 10.7. The van der Waals surface area contributed by atoms with Gasteiger partial charge < -0.3 is 15.3 Å². The zero-order valence-corrected chi connectivity index (χ0v) is 6.56. The molecule has 0 radical (unpaired) electrons. The average Bonchev–Trinajstić information content (AvgIpc) is 1.53. The minimum atomic E-state index is -2.89. The maximum Gasteiger partial charge on any atom is 0.297 e. The fourth-order valence-corrected chi connectivity index (χ4v) is 1.32. The second-order valence-corrected chi connectivity index (χ2v) is 3.60. The predicted molar refractivity (Wildman–Crippen MR) is 35.2 cm³/mol. The Morgan fingerprint density at radius 1 is 1.64 bits per heavy atom. The third-order valence-corrected chi connectivity index (χ3v) is 1.92. The summed E-state index contributed by atoms with van der Waals surface area (Å²) in [6.45, 7) is 1.29. The molecular formula is C3H8NO6P. The van der Waals surface area contributed by atoms with Gasteiger partial charge in [0.25, 0.3) is 11.1 Å². The molecule has 0 aliphatic carbocycles. The standard InChI is InChI=1S/C3H8NO6P/c1-11(10-4(8)9)2-3(5,6)7/h5-7H,2H2,1H3. The molecule has 11 heavy (non-hydrogen) atoms. The third kappa shape index (κ3) is 7.41. The van der Waals surface area contributed by atoms with E-state index in [0.29, 0.717) is 0 Å². The van der Waals surface area contributed by atoms with Crippen molar-refractivity contribution in [2.45, 2.75) is 5.97 Å². The van der Waals surface area contributed by atoms with Crippen LogP contribution in [0.4, 0.5) is 0 Å². The largest absolute Gasteiger partial charge is 0.343 e. The molecule has 0 spiro atoms. The molecule has 0 amide bonds. The van der Waals surface area contributed by atoms with Crippen molar-refractivity contribution >= 4 is 8.15 Å². The minimum absolute atomic E-state index is 0.580. The molecule has 0 saturated carbocycles. The van der Waals surface area contributed by atoms with Crippen LogP contribution in [0.15, 0.2) is 0 Å². The molecule has 0 saturated heterocycles. The molecule has 3 N–H and O–H groups in total. The van der Waals surface area contributed by atoms with Crippen LogP contribution in [0.3, 0.4) is 0 Å². The topological polar surface area (TPSA) is 113 Å². The van der Waals surface area contributed by atoms with E-state index in [9.17, 15) is 10.1 Å². The molecule has 8 heteroatoms. The van der Waals surface area contributed by atoms with E-state index in [2.05, 4.69) is 4.62 Å². The van der Waals surface area contributed by atoms with Gasteiger partial charge in [-0.15, -0.1) is 10.1 Å². The maximum atomic E-state index is 9.65. The van der Waals surface area contributed by atoms with Crippen molar-refractivity contribution in [1.82, 2.24) is 0 Å². The number of hydrogen-bond acceptors (Lipinski definition) is 6. The van der Waals surface area contributed by atoms with Crippen molar-refractivity contribution in [3.05, 3.63) is 10.1 Å². The molecule has 0 bridgehead atoms. The van der Waals surface area contributed by atoms with Crippen LogP contribution in [0.1, 0.15) is 0 Å². The lowest BCUT2D eigenvalue weighted by molar-refractivity contribution is -0.712. The van der Waals surface area contributed by atoms with Crippen molar-refractivity contribution in [1.29, 1.82) is 0 Å². The predicted octanol–water partition coefficient (Wildman–Crippen LogP) is -1.15. The zero-order valence-electron chi connectivity index (χ0n) is 5.67. The summed E-state index contributed by atoms with van der Waals surface area (Å²) in [6.07, 6.45) is -0.580. The summed E-state index contributed by atoms with van der Waals surface area (Å²) in [5.41, 5.74) is 0. The summed E-state index contributed by atoms with van der Waals surface area (Å²) in [6, 6.07) is 0. The van der Waals surface area contributed by atoms with Crippen LogP contribution in [0.5, 0.6) is 0 Å². The summed E-state index contributed by atoms with van der Waals surface area (Å²) in [4.78, 5) is 9.65. The van der Waals surface area contributed by atoms with Gasteiger partial charge in [-0.2, -0.15) is 0 Å². The van der Waals surface area contributed by atoms with E-state index in [1.165, 1.54) is 6.66 Å². The molecule has 0 aromatic carbocycles. The SMILES string of the molecule is CP(CC(O)(O)O)O[N+](=O)[O-]. The van der Waals surface area contributed by atoms with Gasteiger partial charge >= 0.3 is 0 Å². The van der Waals surface area contributed by atoms with Crippen molar-refractivity contribution in [3.8, 4) is 0 Å². The van der Waals surface area contributed by atoms with Crippen molar-refractivity contribution in [2.24, 2.45) is 0 Å². The monoisotopic (exact) mass is 185 g/mol. The smallest absolute Gasteiger partial charge is 0.297 e. The highest BCUT2D eigenvalue weighted by atomic mass is 31.1. The Morgan fingerprint density at radius 3 is 2.36 bits per heavy atom. The molecule has 66 valence electrons. The Labute approximate surface area is 63.2 Å². The average molecular weight is 185 g/mol. The first-order valence-corrected chi connectivity index (χ1v) is 4.41. The van der Waals surface area contributed by atoms with E-state index in [-0.39, 0.29) is 0 Å². The van der Waals surface area contributed by atoms with Crippen LogP contribution < -0.4 is 0 Å². The summed E-state index contributed by atoms with van der Waals surface area (Å²) < 4.78 is 3.93. The van der Waals surface area contributed by atoms with E-state index in [4.69, 9.17) is 15.3 Å². The fraction of sp³-hybridized carbons (Fsp3) is 1.00. The second kappa shape index (κ2) is 3.77. The van der Waals surface area contributed by atoms with Crippen LogP contribution in [0, 0.1) is 10.1 Å². The molecule has 1 atom stereocenters. The van der Waals surface area contributed by atoms with Crippen LogP contribution in [-0.4, -0.2) is 39.2 Å². The van der Waals surface area contributed by atoms with E-state index < -0.39 is 25.4 Å². The summed E-state index contributed by atoms with van der Waals surface area (Å²) >= 11 is 0.